The molecule has 0 amide bonds. The van der Waals surface area contributed by atoms with Crippen LogP contribution in [0.4, 0.5) is 13.2 Å². The summed E-state index contributed by atoms with van der Waals surface area (Å²) < 4.78 is 41.2. The van der Waals surface area contributed by atoms with E-state index in [-0.39, 0.29) is 0 Å². The molecule has 0 radical (unpaired) electrons. The summed E-state index contributed by atoms with van der Waals surface area (Å²) in [5, 5.41) is 0.669. The maximum absolute atomic E-state index is 13.1. The first-order valence-electron chi connectivity index (χ1n) is 10.5. The number of fused-ring (bicyclic) bond motifs is 1. The van der Waals surface area contributed by atoms with E-state index in [1.165, 1.54) is 12.1 Å². The molecule has 0 fully saturated rings. The molecule has 0 saturated heterocycles. The highest BCUT2D eigenvalue weighted by atomic mass is 35.5. The second kappa shape index (κ2) is 8.65. The molecule has 1 aliphatic rings. The third-order valence-electron chi connectivity index (χ3n) is 5.79. The van der Waals surface area contributed by atoms with E-state index in [1.54, 1.807) is 12.3 Å². The molecule has 4 nitrogen and oxygen atoms in total. The first-order valence-corrected chi connectivity index (χ1v) is 10.9. The number of benzene rings is 2. The molecule has 0 atom stereocenters. The molecule has 3 heterocycles. The molecule has 0 saturated carbocycles. The normalized spacial score (nSPS) is 14.3. The molecule has 33 heavy (non-hydrogen) atoms. The summed E-state index contributed by atoms with van der Waals surface area (Å²) in [4.78, 5) is 11.5. The van der Waals surface area contributed by atoms with Gasteiger partial charge in [0, 0.05) is 66.0 Å². The minimum absolute atomic E-state index is 0.498. The molecule has 0 unspecified atom stereocenters. The molecular weight excluding hydrogens is 449 g/mol. The fourth-order valence-corrected chi connectivity index (χ4v) is 4.23. The highest BCUT2D eigenvalue weighted by Crippen LogP contribution is 2.31. The maximum Gasteiger partial charge on any atom is 0.416 e. The van der Waals surface area contributed by atoms with Crippen molar-refractivity contribution in [1.82, 2.24) is 19.4 Å². The van der Waals surface area contributed by atoms with E-state index >= 15 is 0 Å². The number of nitrogens with zero attached hydrogens (tertiary/aromatic N) is 4. The Morgan fingerprint density at radius 1 is 1.00 bits per heavy atom. The van der Waals surface area contributed by atoms with Crippen molar-refractivity contribution < 1.29 is 13.2 Å². The zero-order valence-corrected chi connectivity index (χ0v) is 18.3. The standard InChI is InChI=1S/C25H20ClF3N4/c26-20-8-6-17(7-9-20)24-30-14-18-15-32(12-10-23(18)31-24)16-22-5-2-11-33(22)21-4-1-3-19(13-21)25(27,28)29/h1-9,11,13-14H,10,12,15-16H2. The number of hydrogen-bond donors (Lipinski definition) is 0. The Hall–Kier alpha value is -3.16. The van der Waals surface area contributed by atoms with Gasteiger partial charge in [0.2, 0.25) is 0 Å². The van der Waals surface area contributed by atoms with Crippen molar-refractivity contribution in [2.75, 3.05) is 6.54 Å². The van der Waals surface area contributed by atoms with Gasteiger partial charge in [-0.3, -0.25) is 4.90 Å². The number of halogens is 4. The molecule has 0 N–H and O–H groups in total. The highest BCUT2D eigenvalue weighted by molar-refractivity contribution is 6.30. The van der Waals surface area contributed by atoms with Gasteiger partial charge < -0.3 is 4.57 Å². The lowest BCUT2D eigenvalue weighted by Gasteiger charge is -2.28. The largest absolute Gasteiger partial charge is 0.416 e. The van der Waals surface area contributed by atoms with E-state index in [2.05, 4.69) is 9.88 Å². The molecule has 1 aliphatic heterocycles. The SMILES string of the molecule is FC(F)(F)c1cccc(-n2cccc2CN2CCc3nc(-c4ccc(Cl)cc4)ncc3C2)c1. The topological polar surface area (TPSA) is 34.0 Å². The van der Waals surface area contributed by atoms with Crippen molar-refractivity contribution in [3.05, 3.63) is 101 Å². The summed E-state index contributed by atoms with van der Waals surface area (Å²) in [7, 11) is 0. The molecule has 5 rings (SSSR count). The summed E-state index contributed by atoms with van der Waals surface area (Å²) in [6, 6.07) is 16.6. The Balaban J connectivity index is 1.33. The van der Waals surface area contributed by atoms with Crippen LogP contribution in [0, 0.1) is 0 Å². The van der Waals surface area contributed by atoms with Gasteiger partial charge in [-0.2, -0.15) is 13.2 Å². The Morgan fingerprint density at radius 3 is 2.61 bits per heavy atom. The summed E-state index contributed by atoms with van der Waals surface area (Å²) in [6.45, 7) is 2.10. The number of hydrogen-bond acceptors (Lipinski definition) is 3. The van der Waals surface area contributed by atoms with Crippen molar-refractivity contribution in [3.63, 3.8) is 0 Å². The minimum Gasteiger partial charge on any atom is -0.320 e. The summed E-state index contributed by atoms with van der Waals surface area (Å²) in [5.41, 5.74) is 3.79. The van der Waals surface area contributed by atoms with Crippen LogP contribution in [0.1, 0.15) is 22.5 Å². The van der Waals surface area contributed by atoms with Crippen molar-refractivity contribution >= 4 is 11.6 Å². The predicted octanol–water partition coefficient (Wildman–Crippen LogP) is 6.16. The third kappa shape index (κ3) is 4.65. The average molecular weight is 469 g/mol. The number of alkyl halides is 3. The van der Waals surface area contributed by atoms with Crippen LogP contribution in [0.3, 0.4) is 0 Å². The quantitative estimate of drug-likeness (QED) is 0.359. The second-order valence-electron chi connectivity index (χ2n) is 8.05. The van der Waals surface area contributed by atoms with Crippen molar-refractivity contribution in [2.45, 2.75) is 25.7 Å². The van der Waals surface area contributed by atoms with Gasteiger partial charge in [0.05, 0.1) is 11.3 Å². The van der Waals surface area contributed by atoms with Crippen LogP contribution in [-0.4, -0.2) is 26.0 Å². The van der Waals surface area contributed by atoms with E-state index in [1.807, 2.05) is 47.2 Å². The molecule has 0 spiro atoms. The van der Waals surface area contributed by atoms with Gasteiger partial charge in [-0.15, -0.1) is 0 Å². The lowest BCUT2D eigenvalue weighted by atomic mass is 10.1. The smallest absolute Gasteiger partial charge is 0.320 e. The van der Waals surface area contributed by atoms with E-state index in [4.69, 9.17) is 16.6 Å². The maximum atomic E-state index is 13.1. The van der Waals surface area contributed by atoms with Crippen molar-refractivity contribution in [3.8, 4) is 17.1 Å². The first-order chi connectivity index (χ1) is 15.9. The zero-order valence-electron chi connectivity index (χ0n) is 17.6. The van der Waals surface area contributed by atoms with Crippen LogP contribution >= 0.6 is 11.6 Å². The Bertz CT molecular complexity index is 1280. The Kier molecular flexibility index (Phi) is 5.68. The van der Waals surface area contributed by atoms with Crippen LogP contribution in [0.2, 0.25) is 5.02 Å². The van der Waals surface area contributed by atoms with E-state index in [0.717, 1.165) is 41.5 Å². The van der Waals surface area contributed by atoms with Gasteiger partial charge in [0.1, 0.15) is 0 Å². The van der Waals surface area contributed by atoms with Crippen LogP contribution in [0.15, 0.2) is 73.1 Å². The lowest BCUT2D eigenvalue weighted by Crippen LogP contribution is -2.31. The van der Waals surface area contributed by atoms with Gasteiger partial charge in [0.15, 0.2) is 5.82 Å². The molecule has 0 bridgehead atoms. The van der Waals surface area contributed by atoms with Crippen LogP contribution in [0.5, 0.6) is 0 Å². The van der Waals surface area contributed by atoms with Crippen molar-refractivity contribution in [2.24, 2.45) is 0 Å². The van der Waals surface area contributed by atoms with E-state index in [9.17, 15) is 13.2 Å². The molecule has 8 heteroatoms. The lowest BCUT2D eigenvalue weighted by molar-refractivity contribution is -0.137. The number of rotatable bonds is 4. The van der Waals surface area contributed by atoms with Crippen molar-refractivity contribution in [1.29, 1.82) is 0 Å². The Morgan fingerprint density at radius 2 is 1.82 bits per heavy atom. The van der Waals surface area contributed by atoms with Gasteiger partial charge >= 0.3 is 6.18 Å². The first kappa shape index (κ1) is 21.7. The predicted molar refractivity (Wildman–Crippen MR) is 121 cm³/mol. The second-order valence-corrected chi connectivity index (χ2v) is 8.49. The summed E-state index contributed by atoms with van der Waals surface area (Å²) in [6.07, 6.45) is 0.0714. The molecule has 168 valence electrons. The fraction of sp³-hybridized carbons (Fsp3) is 0.200. The van der Waals surface area contributed by atoms with Gasteiger partial charge in [-0.05, 0) is 54.6 Å². The molecular formula is C25H20ClF3N4. The van der Waals surface area contributed by atoms with Gasteiger partial charge in [0.25, 0.3) is 0 Å². The minimum atomic E-state index is -4.37. The van der Waals surface area contributed by atoms with E-state index in [0.29, 0.717) is 29.6 Å². The fourth-order valence-electron chi connectivity index (χ4n) is 4.11. The van der Waals surface area contributed by atoms with Crippen LogP contribution in [0.25, 0.3) is 17.1 Å². The summed E-state index contributed by atoms with van der Waals surface area (Å²) >= 11 is 5.97. The molecule has 2 aromatic heterocycles. The van der Waals surface area contributed by atoms with Gasteiger partial charge in [-0.25, -0.2) is 9.97 Å². The third-order valence-corrected chi connectivity index (χ3v) is 6.04. The molecule has 2 aromatic carbocycles. The van der Waals surface area contributed by atoms with Crippen LogP contribution in [-0.2, 0) is 25.7 Å². The van der Waals surface area contributed by atoms with E-state index < -0.39 is 11.7 Å². The zero-order chi connectivity index (χ0) is 23.0. The van der Waals surface area contributed by atoms with Crippen LogP contribution < -0.4 is 0 Å². The molecule has 0 aliphatic carbocycles. The molecule has 4 aromatic rings. The highest BCUT2D eigenvalue weighted by Gasteiger charge is 2.30. The Labute approximate surface area is 194 Å². The summed E-state index contributed by atoms with van der Waals surface area (Å²) in [5.74, 6) is 0.678. The average Bonchev–Trinajstić information content (AvgIpc) is 3.27. The number of aromatic nitrogens is 3. The van der Waals surface area contributed by atoms with Gasteiger partial charge in [-0.1, -0.05) is 17.7 Å². The monoisotopic (exact) mass is 468 g/mol.